The van der Waals surface area contributed by atoms with Crippen molar-refractivity contribution in [2.45, 2.75) is 26.7 Å². The predicted octanol–water partition coefficient (Wildman–Crippen LogP) is 0.672. The molecule has 1 aliphatic rings. The normalized spacial score (nSPS) is 18.4. The van der Waals surface area contributed by atoms with E-state index in [1.807, 2.05) is 0 Å². The van der Waals surface area contributed by atoms with Gasteiger partial charge in [0, 0.05) is 32.3 Å². The van der Waals surface area contributed by atoms with Crippen LogP contribution < -0.4 is 10.9 Å². The minimum absolute atomic E-state index is 0.0616. The van der Waals surface area contributed by atoms with Gasteiger partial charge in [0.25, 0.3) is 11.5 Å². The standard InChI is InChI=1S/C15H21N3O3/c1-10-5-6-13(14(20)17-10)15(21)18-7-3-4-12(9-18)8-16-11(2)19/h5-6,12H,3-4,7-9H2,1-2H3,(H,16,19)(H,17,20)/t12-/m1/s1. The van der Waals surface area contributed by atoms with E-state index in [4.69, 9.17) is 0 Å². The van der Waals surface area contributed by atoms with Crippen molar-refractivity contribution in [1.82, 2.24) is 15.2 Å². The zero-order chi connectivity index (χ0) is 15.4. The molecule has 1 aliphatic heterocycles. The number of nitrogens with one attached hydrogen (secondary N) is 2. The summed E-state index contributed by atoms with van der Waals surface area (Å²) in [5.74, 6) is -0.0478. The van der Waals surface area contributed by atoms with Gasteiger partial charge in [-0.05, 0) is 37.8 Å². The minimum atomic E-state index is -0.344. The third kappa shape index (κ3) is 3.93. The summed E-state index contributed by atoms with van der Waals surface area (Å²) in [7, 11) is 0. The minimum Gasteiger partial charge on any atom is -0.356 e. The quantitative estimate of drug-likeness (QED) is 0.859. The first-order chi connectivity index (χ1) is 9.97. The van der Waals surface area contributed by atoms with Crippen molar-refractivity contribution < 1.29 is 9.59 Å². The topological polar surface area (TPSA) is 82.3 Å². The molecule has 1 aromatic rings. The van der Waals surface area contributed by atoms with Crippen molar-refractivity contribution in [2.24, 2.45) is 5.92 Å². The molecule has 1 fully saturated rings. The third-order valence-corrected chi connectivity index (χ3v) is 3.73. The smallest absolute Gasteiger partial charge is 0.260 e. The van der Waals surface area contributed by atoms with Crippen molar-refractivity contribution in [3.05, 3.63) is 33.7 Å². The molecule has 2 N–H and O–H groups in total. The van der Waals surface area contributed by atoms with Gasteiger partial charge in [-0.3, -0.25) is 14.4 Å². The number of aryl methyl sites for hydroxylation is 1. The van der Waals surface area contributed by atoms with E-state index in [0.717, 1.165) is 18.5 Å². The summed E-state index contributed by atoms with van der Waals surface area (Å²) in [6, 6.07) is 3.31. The Morgan fingerprint density at radius 3 is 2.86 bits per heavy atom. The van der Waals surface area contributed by atoms with Crippen LogP contribution in [0.4, 0.5) is 0 Å². The molecule has 6 heteroatoms. The molecule has 0 radical (unpaired) electrons. The summed E-state index contributed by atoms with van der Waals surface area (Å²) in [5.41, 5.74) is 0.573. The lowest BCUT2D eigenvalue weighted by atomic mass is 9.97. The van der Waals surface area contributed by atoms with E-state index in [1.165, 1.54) is 6.92 Å². The fourth-order valence-electron chi connectivity index (χ4n) is 2.62. The van der Waals surface area contributed by atoms with E-state index in [2.05, 4.69) is 10.3 Å². The van der Waals surface area contributed by atoms with Gasteiger partial charge in [-0.25, -0.2) is 0 Å². The van der Waals surface area contributed by atoms with E-state index in [-0.39, 0.29) is 28.9 Å². The number of aromatic nitrogens is 1. The van der Waals surface area contributed by atoms with Crippen LogP contribution in [-0.2, 0) is 4.79 Å². The van der Waals surface area contributed by atoms with E-state index in [1.54, 1.807) is 24.0 Å². The molecule has 2 heterocycles. The molecule has 0 saturated carbocycles. The van der Waals surface area contributed by atoms with Crippen molar-refractivity contribution >= 4 is 11.8 Å². The maximum atomic E-state index is 12.4. The van der Waals surface area contributed by atoms with Gasteiger partial charge in [-0.1, -0.05) is 0 Å². The number of carbonyl (C=O) groups excluding carboxylic acids is 2. The number of hydrogen-bond donors (Lipinski definition) is 2. The molecule has 6 nitrogen and oxygen atoms in total. The summed E-state index contributed by atoms with van der Waals surface area (Å²) in [6.07, 6.45) is 1.87. The van der Waals surface area contributed by atoms with Gasteiger partial charge < -0.3 is 15.2 Å². The average Bonchev–Trinajstić information content (AvgIpc) is 2.45. The zero-order valence-corrected chi connectivity index (χ0v) is 12.4. The van der Waals surface area contributed by atoms with E-state index in [0.29, 0.717) is 19.6 Å². The van der Waals surface area contributed by atoms with Crippen molar-refractivity contribution in [3.8, 4) is 0 Å². The Kier molecular flexibility index (Phi) is 4.77. The number of piperidine rings is 1. The maximum absolute atomic E-state index is 12.4. The SMILES string of the molecule is CC(=O)NC[C@H]1CCCN(C(=O)c2ccc(C)[nH]c2=O)C1. The Hall–Kier alpha value is -2.11. The Morgan fingerprint density at radius 2 is 2.19 bits per heavy atom. The van der Waals surface area contributed by atoms with Crippen LogP contribution in [0.3, 0.4) is 0 Å². The Labute approximate surface area is 123 Å². The lowest BCUT2D eigenvalue weighted by molar-refractivity contribution is -0.119. The van der Waals surface area contributed by atoms with Crippen LogP contribution in [0.5, 0.6) is 0 Å². The highest BCUT2D eigenvalue weighted by molar-refractivity contribution is 5.93. The van der Waals surface area contributed by atoms with Crippen LogP contribution in [0.25, 0.3) is 0 Å². The molecule has 0 bridgehead atoms. The molecule has 114 valence electrons. The van der Waals surface area contributed by atoms with Gasteiger partial charge >= 0.3 is 0 Å². The first-order valence-corrected chi connectivity index (χ1v) is 7.21. The highest BCUT2D eigenvalue weighted by atomic mass is 16.2. The Morgan fingerprint density at radius 1 is 1.43 bits per heavy atom. The number of amides is 2. The molecule has 1 aromatic heterocycles. The summed E-state index contributed by atoms with van der Waals surface area (Å²) in [6.45, 7) is 5.07. The van der Waals surface area contributed by atoms with Crippen molar-refractivity contribution in [2.75, 3.05) is 19.6 Å². The van der Waals surface area contributed by atoms with Crippen LogP contribution in [0.2, 0.25) is 0 Å². The van der Waals surface area contributed by atoms with Crippen molar-refractivity contribution in [3.63, 3.8) is 0 Å². The Bertz CT molecular complexity index is 594. The third-order valence-electron chi connectivity index (χ3n) is 3.73. The lowest BCUT2D eigenvalue weighted by Crippen LogP contribution is -2.44. The van der Waals surface area contributed by atoms with Gasteiger partial charge in [0.15, 0.2) is 0 Å². The lowest BCUT2D eigenvalue weighted by Gasteiger charge is -2.32. The summed E-state index contributed by atoms with van der Waals surface area (Å²) in [5, 5.41) is 2.79. The van der Waals surface area contributed by atoms with Crippen LogP contribution >= 0.6 is 0 Å². The van der Waals surface area contributed by atoms with Gasteiger partial charge in [0.2, 0.25) is 5.91 Å². The fraction of sp³-hybridized carbons (Fsp3) is 0.533. The second-order valence-electron chi connectivity index (χ2n) is 5.58. The number of nitrogens with zero attached hydrogens (tertiary/aromatic N) is 1. The number of rotatable bonds is 3. The van der Waals surface area contributed by atoms with Gasteiger partial charge in [0.1, 0.15) is 5.56 Å². The molecule has 21 heavy (non-hydrogen) atoms. The summed E-state index contributed by atoms with van der Waals surface area (Å²) >= 11 is 0. The Balaban J connectivity index is 2.05. The molecule has 0 spiro atoms. The number of hydrogen-bond acceptors (Lipinski definition) is 3. The zero-order valence-electron chi connectivity index (χ0n) is 12.4. The molecule has 2 rings (SSSR count). The summed E-state index contributed by atoms with van der Waals surface area (Å²) < 4.78 is 0. The highest BCUT2D eigenvalue weighted by Crippen LogP contribution is 2.17. The van der Waals surface area contributed by atoms with Gasteiger partial charge in [0.05, 0.1) is 0 Å². The van der Waals surface area contributed by atoms with E-state index in [9.17, 15) is 14.4 Å². The predicted molar refractivity (Wildman–Crippen MR) is 79.1 cm³/mol. The van der Waals surface area contributed by atoms with Gasteiger partial charge in [-0.2, -0.15) is 0 Å². The number of aromatic amines is 1. The van der Waals surface area contributed by atoms with Crippen LogP contribution in [0.15, 0.2) is 16.9 Å². The molecule has 0 aromatic carbocycles. The number of likely N-dealkylation sites (tertiary alicyclic amines) is 1. The average molecular weight is 291 g/mol. The molecule has 1 saturated heterocycles. The first kappa shape index (κ1) is 15.3. The van der Waals surface area contributed by atoms with E-state index < -0.39 is 0 Å². The van der Waals surface area contributed by atoms with E-state index >= 15 is 0 Å². The monoisotopic (exact) mass is 291 g/mol. The number of carbonyl (C=O) groups is 2. The molecule has 0 aliphatic carbocycles. The fourth-order valence-corrected chi connectivity index (χ4v) is 2.62. The largest absolute Gasteiger partial charge is 0.356 e. The van der Waals surface area contributed by atoms with Gasteiger partial charge in [-0.15, -0.1) is 0 Å². The molecule has 2 amide bonds. The molecular formula is C15H21N3O3. The van der Waals surface area contributed by atoms with Crippen molar-refractivity contribution in [1.29, 1.82) is 0 Å². The summed E-state index contributed by atoms with van der Waals surface area (Å²) in [4.78, 5) is 39.6. The van der Waals surface area contributed by atoms with Crippen LogP contribution in [0.1, 0.15) is 35.8 Å². The second-order valence-corrected chi connectivity index (χ2v) is 5.58. The van der Waals surface area contributed by atoms with Crippen LogP contribution in [-0.4, -0.2) is 41.3 Å². The van der Waals surface area contributed by atoms with Crippen LogP contribution in [0, 0.1) is 12.8 Å². The molecular weight excluding hydrogens is 270 g/mol. The second kappa shape index (κ2) is 6.56. The number of H-pyrrole nitrogens is 1. The highest BCUT2D eigenvalue weighted by Gasteiger charge is 2.25. The molecule has 1 atom stereocenters. The number of pyridine rings is 1. The molecule has 0 unspecified atom stereocenters. The maximum Gasteiger partial charge on any atom is 0.260 e. The first-order valence-electron chi connectivity index (χ1n) is 7.21.